The van der Waals surface area contributed by atoms with E-state index in [1.165, 1.54) is 30.3 Å². The smallest absolute Gasteiger partial charge is 0.200 e. The van der Waals surface area contributed by atoms with Crippen molar-refractivity contribution in [1.29, 1.82) is 0 Å². The minimum absolute atomic E-state index is 0.0337. The number of hydrogen-bond acceptors (Lipinski definition) is 0. The molecular weight excluding hydrogens is 502 g/mol. The Morgan fingerprint density at radius 2 is 0.833 bits per heavy atom. The van der Waals surface area contributed by atoms with E-state index in [2.05, 4.69) is 0 Å². The van der Waals surface area contributed by atoms with Crippen LogP contribution < -0.4 is 0 Å². The van der Waals surface area contributed by atoms with Crippen LogP contribution in [0.4, 0.5) is 43.9 Å². The van der Waals surface area contributed by atoms with Crippen molar-refractivity contribution >= 4 is 21.5 Å². The first kappa shape index (κ1) is 23.7. The summed E-state index contributed by atoms with van der Waals surface area (Å²) in [5.74, 6) is -22.0. The molecule has 0 saturated heterocycles. The molecule has 182 valence electrons. The maximum absolute atomic E-state index is 15.3. The van der Waals surface area contributed by atoms with Gasteiger partial charge in [-0.15, -0.1) is 0 Å². The maximum atomic E-state index is 15.3. The van der Waals surface area contributed by atoms with Gasteiger partial charge in [0.2, 0.25) is 5.82 Å². The van der Waals surface area contributed by atoms with E-state index in [-0.39, 0.29) is 5.56 Å². The molecule has 0 aliphatic rings. The zero-order valence-electron chi connectivity index (χ0n) is 17.4. The predicted octanol–water partition coefficient (Wildman–Crippen LogP) is 8.72. The molecule has 0 bridgehead atoms. The van der Waals surface area contributed by atoms with Crippen LogP contribution in [0.15, 0.2) is 48.5 Å². The monoisotopic (exact) mass is 510 g/mol. The van der Waals surface area contributed by atoms with E-state index < -0.39 is 96.4 Å². The van der Waals surface area contributed by atoms with Gasteiger partial charge in [0.1, 0.15) is 5.82 Å². The van der Waals surface area contributed by atoms with E-state index in [1.807, 2.05) is 0 Å². The predicted molar refractivity (Wildman–Crippen MR) is 112 cm³/mol. The third kappa shape index (κ3) is 3.16. The Labute approximate surface area is 195 Å². The van der Waals surface area contributed by atoms with E-state index in [9.17, 15) is 35.1 Å². The van der Waals surface area contributed by atoms with Gasteiger partial charge in [0.25, 0.3) is 0 Å². The van der Waals surface area contributed by atoms with Crippen LogP contribution in [0.5, 0.6) is 0 Å². The second-order valence-corrected chi connectivity index (χ2v) is 7.76. The van der Waals surface area contributed by atoms with Gasteiger partial charge in [-0.2, -0.15) is 0 Å². The lowest BCUT2D eigenvalue weighted by atomic mass is 9.84. The van der Waals surface area contributed by atoms with Crippen molar-refractivity contribution in [3.05, 3.63) is 107 Å². The molecule has 0 radical (unpaired) electrons. The third-order valence-electron chi connectivity index (χ3n) is 5.81. The van der Waals surface area contributed by atoms with Crippen LogP contribution >= 0.6 is 0 Å². The van der Waals surface area contributed by atoms with Crippen LogP contribution in [0.2, 0.25) is 0 Å². The largest absolute Gasteiger partial charge is 0.207 e. The lowest BCUT2D eigenvalue weighted by Gasteiger charge is -2.20. The molecule has 0 nitrogen and oxygen atoms in total. The van der Waals surface area contributed by atoms with Gasteiger partial charge in [-0.3, -0.25) is 0 Å². The molecule has 5 aromatic rings. The number of rotatable bonds is 2. The van der Waals surface area contributed by atoms with E-state index in [0.717, 1.165) is 18.2 Å². The van der Waals surface area contributed by atoms with Gasteiger partial charge in [-0.05, 0) is 28.5 Å². The van der Waals surface area contributed by atoms with Crippen molar-refractivity contribution in [2.45, 2.75) is 0 Å². The summed E-state index contributed by atoms with van der Waals surface area (Å²) >= 11 is 0. The summed E-state index contributed by atoms with van der Waals surface area (Å²) in [6.07, 6.45) is 0. The quantitative estimate of drug-likeness (QED) is 0.0965. The average molecular weight is 510 g/mol. The van der Waals surface area contributed by atoms with Crippen molar-refractivity contribution in [2.75, 3.05) is 0 Å². The Kier molecular flexibility index (Phi) is 5.42. The molecule has 0 heterocycles. The molecule has 0 unspecified atom stereocenters. The number of hydrogen-bond donors (Lipinski definition) is 0. The van der Waals surface area contributed by atoms with Crippen LogP contribution in [-0.4, -0.2) is 0 Å². The van der Waals surface area contributed by atoms with E-state index in [0.29, 0.717) is 0 Å². The van der Waals surface area contributed by atoms with Crippen molar-refractivity contribution in [1.82, 2.24) is 0 Å². The van der Waals surface area contributed by atoms with Crippen molar-refractivity contribution < 1.29 is 43.9 Å². The summed E-state index contributed by atoms with van der Waals surface area (Å²) in [5.41, 5.74) is -3.27. The van der Waals surface area contributed by atoms with E-state index in [4.69, 9.17) is 0 Å². The lowest BCUT2D eigenvalue weighted by molar-refractivity contribution is 0.381. The number of benzene rings is 5. The third-order valence-corrected chi connectivity index (χ3v) is 5.81. The van der Waals surface area contributed by atoms with Crippen LogP contribution in [0.3, 0.4) is 0 Å². The Bertz CT molecular complexity index is 1700. The Hall–Kier alpha value is -4.08. The highest BCUT2D eigenvalue weighted by atomic mass is 19.2. The molecule has 0 N–H and O–H groups in total. The molecule has 5 rings (SSSR count). The molecule has 0 saturated carbocycles. The summed E-state index contributed by atoms with van der Waals surface area (Å²) in [6, 6.07) is 9.32. The lowest BCUT2D eigenvalue weighted by Crippen LogP contribution is -2.07. The minimum atomic E-state index is -2.53. The molecule has 0 aliphatic carbocycles. The van der Waals surface area contributed by atoms with Gasteiger partial charge in [0.05, 0.1) is 5.56 Å². The summed E-state index contributed by atoms with van der Waals surface area (Å²) in [7, 11) is 0. The molecule has 5 aromatic carbocycles. The average Bonchev–Trinajstić information content (AvgIpc) is 2.88. The van der Waals surface area contributed by atoms with E-state index in [1.54, 1.807) is 0 Å². The van der Waals surface area contributed by atoms with Gasteiger partial charge in [0, 0.05) is 21.9 Å². The van der Waals surface area contributed by atoms with Crippen LogP contribution in [0, 0.1) is 58.2 Å². The highest BCUT2D eigenvalue weighted by Crippen LogP contribution is 2.48. The topological polar surface area (TPSA) is 0 Å². The van der Waals surface area contributed by atoms with E-state index >= 15 is 8.78 Å². The van der Waals surface area contributed by atoms with Crippen molar-refractivity contribution in [3.8, 4) is 22.3 Å². The van der Waals surface area contributed by atoms with Gasteiger partial charge >= 0.3 is 0 Å². The summed E-state index contributed by atoms with van der Waals surface area (Å²) in [5, 5.41) is -3.30. The SMILES string of the molecule is Fc1ccc2c(-c3c(F)c(F)c(F)c(F)c3F)c3c(F)c(F)c(F)c(F)c3c(-c3ccccc3)c2c1. The molecule has 0 aliphatic heterocycles. The van der Waals surface area contributed by atoms with Gasteiger partial charge in [0.15, 0.2) is 46.5 Å². The van der Waals surface area contributed by atoms with Gasteiger partial charge < -0.3 is 0 Å². The maximum Gasteiger partial charge on any atom is 0.200 e. The fourth-order valence-electron chi connectivity index (χ4n) is 4.30. The van der Waals surface area contributed by atoms with Gasteiger partial charge in [-0.1, -0.05) is 36.4 Å². The second kappa shape index (κ2) is 8.25. The fraction of sp³-hybridized carbons (Fsp3) is 0. The molecular formula is C26H8F10. The molecule has 36 heavy (non-hydrogen) atoms. The minimum Gasteiger partial charge on any atom is -0.207 e. The Morgan fingerprint density at radius 1 is 0.361 bits per heavy atom. The van der Waals surface area contributed by atoms with Crippen LogP contribution in [0.1, 0.15) is 0 Å². The first-order valence-corrected chi connectivity index (χ1v) is 10.0. The summed E-state index contributed by atoms with van der Waals surface area (Å²) in [6.45, 7) is 0. The summed E-state index contributed by atoms with van der Waals surface area (Å²) in [4.78, 5) is 0. The first-order valence-electron chi connectivity index (χ1n) is 10.0. The van der Waals surface area contributed by atoms with Crippen LogP contribution in [-0.2, 0) is 0 Å². The molecule has 0 amide bonds. The fourth-order valence-corrected chi connectivity index (χ4v) is 4.30. The standard InChI is InChI=1S/C26H8F10/c27-10-6-7-11-12(8-10)13(9-4-2-1-3-5-9)15-16(19(29)23(33)22(32)18(15)28)14(11)17-20(30)24(34)26(36)25(35)21(17)31/h1-8H. The highest BCUT2D eigenvalue weighted by molar-refractivity contribution is 6.21. The highest BCUT2D eigenvalue weighted by Gasteiger charge is 2.33. The second-order valence-electron chi connectivity index (χ2n) is 7.76. The Balaban J connectivity index is 2.19. The molecule has 0 spiro atoms. The Morgan fingerprint density at radius 3 is 1.39 bits per heavy atom. The zero-order chi connectivity index (χ0) is 26.0. The molecule has 0 atom stereocenters. The molecule has 0 aromatic heterocycles. The number of fused-ring (bicyclic) bond motifs is 2. The van der Waals surface area contributed by atoms with Crippen molar-refractivity contribution in [3.63, 3.8) is 0 Å². The van der Waals surface area contributed by atoms with Gasteiger partial charge in [-0.25, -0.2) is 43.9 Å². The zero-order valence-corrected chi connectivity index (χ0v) is 17.4. The first-order chi connectivity index (χ1) is 17.1. The van der Waals surface area contributed by atoms with Crippen LogP contribution in [0.25, 0.3) is 43.8 Å². The molecule has 10 heteroatoms. The summed E-state index contributed by atoms with van der Waals surface area (Å²) < 4.78 is 145. The number of halogens is 10. The van der Waals surface area contributed by atoms with Crippen molar-refractivity contribution in [2.24, 2.45) is 0 Å². The molecule has 0 fully saturated rings. The normalized spacial score (nSPS) is 11.6.